The lowest BCUT2D eigenvalue weighted by molar-refractivity contribution is -0.125. The van der Waals surface area contributed by atoms with Gasteiger partial charge in [0.05, 0.1) is 11.3 Å². The number of aryl methyl sites for hydroxylation is 1. The second kappa shape index (κ2) is 9.40. The first kappa shape index (κ1) is 22.2. The molecule has 7 heteroatoms. The summed E-state index contributed by atoms with van der Waals surface area (Å²) in [4.78, 5) is 26.7. The number of fused-ring (bicyclic) bond motifs is 2. The van der Waals surface area contributed by atoms with Crippen LogP contribution in [0.3, 0.4) is 0 Å². The third kappa shape index (κ3) is 4.54. The Bertz CT molecular complexity index is 1500. The highest BCUT2D eigenvalue weighted by Crippen LogP contribution is 2.37. The Labute approximate surface area is 212 Å². The first-order chi connectivity index (χ1) is 17.1. The number of nitrogens with zero attached hydrogens (tertiary/aromatic N) is 3. The molecule has 2 aromatic carbocycles. The van der Waals surface area contributed by atoms with Crippen LogP contribution in [0.2, 0.25) is 0 Å². The molecule has 0 unspecified atom stereocenters. The highest BCUT2D eigenvalue weighted by Gasteiger charge is 2.28. The molecule has 1 saturated heterocycles. The number of hydrogen-bond donors (Lipinski definition) is 1. The van der Waals surface area contributed by atoms with Crippen molar-refractivity contribution < 1.29 is 4.79 Å². The largest absolute Gasteiger partial charge is 0.355 e. The van der Waals surface area contributed by atoms with Crippen molar-refractivity contribution in [3.05, 3.63) is 77.4 Å². The number of carbonyl (C=O) groups excluding carboxylic acids is 1. The third-order valence-corrected chi connectivity index (χ3v) is 8.71. The van der Waals surface area contributed by atoms with Gasteiger partial charge in [-0.1, -0.05) is 35.9 Å². The van der Waals surface area contributed by atoms with E-state index in [1.807, 2.05) is 0 Å². The van der Waals surface area contributed by atoms with Gasteiger partial charge in [0.25, 0.3) is 0 Å². The minimum Gasteiger partial charge on any atom is -0.355 e. The molecular weight excluding hydrogens is 472 g/mol. The number of rotatable bonds is 5. The van der Waals surface area contributed by atoms with Gasteiger partial charge in [0.2, 0.25) is 5.91 Å². The number of aromatic nitrogens is 2. The lowest BCUT2D eigenvalue weighted by Gasteiger charge is -2.33. The quantitative estimate of drug-likeness (QED) is 0.304. The smallest absolute Gasteiger partial charge is 0.225 e. The average Bonchev–Trinajstić information content (AvgIpc) is 3.54. The summed E-state index contributed by atoms with van der Waals surface area (Å²) in [6.45, 7) is 4.24. The van der Waals surface area contributed by atoms with Crippen LogP contribution < -0.4 is 10.2 Å². The Morgan fingerprint density at radius 3 is 2.89 bits per heavy atom. The molecule has 176 valence electrons. The molecule has 6 rings (SSSR count). The van der Waals surface area contributed by atoms with Gasteiger partial charge in [-0.05, 0) is 65.9 Å². The normalized spacial score (nSPS) is 16.1. The maximum Gasteiger partial charge on any atom is 0.225 e. The summed E-state index contributed by atoms with van der Waals surface area (Å²) >= 11 is 3.43. The Morgan fingerprint density at radius 1 is 1.11 bits per heavy atom. The molecule has 1 N–H and O–H groups in total. The van der Waals surface area contributed by atoms with Crippen molar-refractivity contribution >= 4 is 54.7 Å². The first-order valence-electron chi connectivity index (χ1n) is 11.9. The average molecular weight is 499 g/mol. The summed E-state index contributed by atoms with van der Waals surface area (Å²) in [5.74, 6) is 1.01. The number of carbonyl (C=O) groups is 1. The summed E-state index contributed by atoms with van der Waals surface area (Å²) in [6.07, 6.45) is 3.52. The molecule has 5 nitrogen and oxygen atoms in total. The van der Waals surface area contributed by atoms with E-state index in [1.165, 1.54) is 26.1 Å². The van der Waals surface area contributed by atoms with Crippen molar-refractivity contribution in [3.8, 4) is 10.4 Å². The molecule has 1 atom stereocenters. The van der Waals surface area contributed by atoms with E-state index < -0.39 is 0 Å². The van der Waals surface area contributed by atoms with Gasteiger partial charge in [0.15, 0.2) is 0 Å². The summed E-state index contributed by atoms with van der Waals surface area (Å²) in [6, 6.07) is 19.3. The maximum atomic E-state index is 13.1. The van der Waals surface area contributed by atoms with Gasteiger partial charge < -0.3 is 10.2 Å². The fourth-order valence-electron chi connectivity index (χ4n) is 4.80. The van der Waals surface area contributed by atoms with E-state index >= 15 is 0 Å². The fourth-order valence-corrected chi connectivity index (χ4v) is 6.57. The van der Waals surface area contributed by atoms with Crippen LogP contribution in [0.5, 0.6) is 0 Å². The highest BCUT2D eigenvalue weighted by atomic mass is 32.1. The maximum absolute atomic E-state index is 13.1. The van der Waals surface area contributed by atoms with Crippen molar-refractivity contribution in [2.24, 2.45) is 5.92 Å². The molecule has 3 aromatic heterocycles. The van der Waals surface area contributed by atoms with Crippen LogP contribution in [-0.2, 0) is 11.3 Å². The zero-order chi connectivity index (χ0) is 23.8. The monoisotopic (exact) mass is 498 g/mol. The molecule has 0 saturated carbocycles. The number of piperidine rings is 1. The number of hydrogen-bond acceptors (Lipinski definition) is 6. The van der Waals surface area contributed by atoms with E-state index in [2.05, 4.69) is 87.1 Å². The van der Waals surface area contributed by atoms with Crippen molar-refractivity contribution in [1.82, 2.24) is 15.3 Å². The zero-order valence-electron chi connectivity index (χ0n) is 19.5. The van der Waals surface area contributed by atoms with Crippen LogP contribution in [0, 0.1) is 12.8 Å². The molecule has 0 spiro atoms. The summed E-state index contributed by atoms with van der Waals surface area (Å²) in [7, 11) is 0. The van der Waals surface area contributed by atoms with Gasteiger partial charge in [0.1, 0.15) is 17.0 Å². The highest BCUT2D eigenvalue weighted by molar-refractivity contribution is 7.22. The molecule has 1 fully saturated rings. The lowest BCUT2D eigenvalue weighted by Crippen LogP contribution is -2.43. The Balaban J connectivity index is 1.18. The second-order valence-corrected chi connectivity index (χ2v) is 11.2. The third-order valence-electron chi connectivity index (χ3n) is 6.72. The van der Waals surface area contributed by atoms with Crippen molar-refractivity contribution in [3.63, 3.8) is 0 Å². The molecule has 1 aliphatic rings. The molecule has 0 bridgehead atoms. The van der Waals surface area contributed by atoms with Crippen molar-refractivity contribution in [2.75, 3.05) is 18.0 Å². The van der Waals surface area contributed by atoms with Gasteiger partial charge in [-0.15, -0.1) is 22.7 Å². The minimum atomic E-state index is -0.0474. The number of amides is 1. The molecule has 0 radical (unpaired) electrons. The first-order valence-corrected chi connectivity index (χ1v) is 13.6. The Hall–Kier alpha value is -3.29. The Kier molecular flexibility index (Phi) is 5.96. The van der Waals surface area contributed by atoms with Gasteiger partial charge in [-0.2, -0.15) is 0 Å². The number of anilines is 1. The van der Waals surface area contributed by atoms with Crippen LogP contribution in [0.25, 0.3) is 30.7 Å². The van der Waals surface area contributed by atoms with Crippen LogP contribution in [0.1, 0.15) is 24.0 Å². The van der Waals surface area contributed by atoms with Crippen molar-refractivity contribution in [2.45, 2.75) is 26.3 Å². The Morgan fingerprint density at radius 2 is 2.00 bits per heavy atom. The van der Waals surface area contributed by atoms with Crippen LogP contribution in [-0.4, -0.2) is 29.0 Å². The molecule has 4 heterocycles. The molecular formula is C28H26N4OS2. The zero-order valence-corrected chi connectivity index (χ0v) is 21.2. The van der Waals surface area contributed by atoms with Gasteiger partial charge in [0, 0.05) is 29.2 Å². The summed E-state index contributed by atoms with van der Waals surface area (Å²) in [5.41, 5.74) is 3.58. The number of benzene rings is 2. The van der Waals surface area contributed by atoms with Gasteiger partial charge in [-0.25, -0.2) is 9.97 Å². The fraction of sp³-hybridized carbons (Fsp3) is 0.250. The van der Waals surface area contributed by atoms with Crippen molar-refractivity contribution in [1.29, 1.82) is 0 Å². The van der Waals surface area contributed by atoms with E-state index in [0.29, 0.717) is 13.1 Å². The topological polar surface area (TPSA) is 58.1 Å². The molecule has 1 aliphatic heterocycles. The van der Waals surface area contributed by atoms with Gasteiger partial charge >= 0.3 is 0 Å². The lowest BCUT2D eigenvalue weighted by atomic mass is 9.96. The van der Waals surface area contributed by atoms with Crippen LogP contribution >= 0.6 is 22.7 Å². The standard InChI is InChI=1S/C28H26N4OS2/c1-18-4-7-20(8-5-18)25-14-23-26(30-17-31-28(23)35-25)32-11-2-3-22(16-32)27(33)29-15-19-6-9-24-21(13-19)10-12-34-24/h4-10,12-14,17,22H,2-3,11,15-16H2,1H3,(H,29,33)/t22-/m0/s1. The molecule has 5 aromatic rings. The summed E-state index contributed by atoms with van der Waals surface area (Å²) in [5, 5.41) is 7.58. The van der Waals surface area contributed by atoms with Crippen LogP contribution in [0.15, 0.2) is 66.3 Å². The van der Waals surface area contributed by atoms with E-state index in [4.69, 9.17) is 0 Å². The minimum absolute atomic E-state index is 0.0474. The van der Waals surface area contributed by atoms with E-state index in [0.717, 1.165) is 41.0 Å². The summed E-state index contributed by atoms with van der Waals surface area (Å²) < 4.78 is 1.28. The number of thiophene rings is 2. The molecule has 1 amide bonds. The van der Waals surface area contributed by atoms with Gasteiger partial charge in [-0.3, -0.25) is 4.79 Å². The predicted octanol–water partition coefficient (Wildman–Crippen LogP) is 6.41. The van der Waals surface area contributed by atoms with Crippen LogP contribution in [0.4, 0.5) is 5.82 Å². The SMILES string of the molecule is Cc1ccc(-c2cc3c(N4CCC[C@H](C(=O)NCc5ccc6sccc6c5)C4)ncnc3s2)cc1. The predicted molar refractivity (Wildman–Crippen MR) is 146 cm³/mol. The van der Waals surface area contributed by atoms with E-state index in [-0.39, 0.29) is 11.8 Å². The molecule has 35 heavy (non-hydrogen) atoms. The molecule has 0 aliphatic carbocycles. The van der Waals surface area contributed by atoms with E-state index in [9.17, 15) is 4.79 Å². The second-order valence-electron chi connectivity index (χ2n) is 9.19. The number of nitrogens with one attached hydrogen (secondary N) is 1. The van der Waals surface area contributed by atoms with E-state index in [1.54, 1.807) is 29.0 Å².